The van der Waals surface area contributed by atoms with Crippen LogP contribution in [0, 0.1) is 0 Å². The molecule has 67 valence electrons. The Kier molecular flexibility index (Phi) is 3.04. The van der Waals surface area contributed by atoms with E-state index in [9.17, 15) is 4.79 Å². The summed E-state index contributed by atoms with van der Waals surface area (Å²) in [6.45, 7) is 3.59. The van der Waals surface area contributed by atoms with E-state index in [1.807, 2.05) is 6.92 Å². The first-order valence-electron chi connectivity index (χ1n) is 3.89. The summed E-state index contributed by atoms with van der Waals surface area (Å²) in [4.78, 5) is 14.4. The maximum Gasteiger partial charge on any atom is 0.326 e. The lowest BCUT2D eigenvalue weighted by Crippen LogP contribution is -2.25. The number of carbonyl (C=O) groups excluding carboxylic acids is 1. The molecular formula is C7H12N3O2. The number of Topliss-reactive ketones (excluding diaryl/α,β-unsaturated/α-hetero) is 1. The first-order valence-corrected chi connectivity index (χ1v) is 3.89. The second kappa shape index (κ2) is 4.06. The van der Waals surface area contributed by atoms with Crippen LogP contribution in [0.4, 0.5) is 0 Å². The van der Waals surface area contributed by atoms with Gasteiger partial charge in [-0.15, -0.1) is 5.43 Å². The zero-order chi connectivity index (χ0) is 8.97. The van der Waals surface area contributed by atoms with Crippen molar-refractivity contribution in [2.45, 2.75) is 26.5 Å². The van der Waals surface area contributed by atoms with Crippen LogP contribution in [-0.2, 0) is 9.53 Å². The summed E-state index contributed by atoms with van der Waals surface area (Å²) in [7, 11) is 0. The van der Waals surface area contributed by atoms with Gasteiger partial charge in [-0.3, -0.25) is 4.79 Å². The summed E-state index contributed by atoms with van der Waals surface area (Å²) in [6.07, 6.45) is 0.735. The zero-order valence-electron chi connectivity index (χ0n) is 7.20. The molecule has 5 heteroatoms. The van der Waals surface area contributed by atoms with E-state index < -0.39 is 0 Å². The van der Waals surface area contributed by atoms with Crippen molar-refractivity contribution in [3.8, 4) is 0 Å². The number of nitrogens with zero attached hydrogens (tertiary/aromatic N) is 2. The quantitative estimate of drug-likeness (QED) is 0.638. The van der Waals surface area contributed by atoms with E-state index in [1.54, 1.807) is 0 Å². The largest absolute Gasteiger partial charge is 0.442 e. The Morgan fingerprint density at radius 1 is 1.83 bits per heavy atom. The summed E-state index contributed by atoms with van der Waals surface area (Å²) < 4.78 is 5.18. The minimum atomic E-state index is -0.0873. The molecule has 0 aromatic rings. The second-order valence-corrected chi connectivity index (χ2v) is 2.56. The van der Waals surface area contributed by atoms with Gasteiger partial charge in [0.15, 0.2) is 12.0 Å². The molecule has 0 bridgehead atoms. The lowest BCUT2D eigenvalue weighted by atomic mass is 10.4. The first kappa shape index (κ1) is 8.99. The average molecular weight is 170 g/mol. The molecule has 0 aromatic carbocycles. The SMILES string of the molecule is CCC1N[N]C(=NCC(C)=O)O1. The van der Waals surface area contributed by atoms with E-state index in [-0.39, 0.29) is 24.6 Å². The van der Waals surface area contributed by atoms with Gasteiger partial charge in [0.2, 0.25) is 0 Å². The van der Waals surface area contributed by atoms with Crippen LogP contribution >= 0.6 is 0 Å². The minimum absolute atomic E-state index is 0.00116. The summed E-state index contributed by atoms with van der Waals surface area (Å²) in [6, 6.07) is 0.275. The Hall–Kier alpha value is -1.10. The van der Waals surface area contributed by atoms with Gasteiger partial charge in [-0.25, -0.2) is 4.99 Å². The van der Waals surface area contributed by atoms with Gasteiger partial charge in [0.1, 0.15) is 6.54 Å². The van der Waals surface area contributed by atoms with Gasteiger partial charge in [-0.05, 0) is 13.3 Å². The molecule has 5 nitrogen and oxygen atoms in total. The molecule has 1 aliphatic heterocycles. The smallest absolute Gasteiger partial charge is 0.326 e. The Bertz CT molecular complexity index is 203. The van der Waals surface area contributed by atoms with Gasteiger partial charge in [-0.1, -0.05) is 6.92 Å². The number of hydrogen-bond acceptors (Lipinski definition) is 4. The summed E-state index contributed by atoms with van der Waals surface area (Å²) in [5.74, 6) is 0.00116. The average Bonchev–Trinajstić information content (AvgIpc) is 2.48. The van der Waals surface area contributed by atoms with Crippen LogP contribution < -0.4 is 10.9 Å². The highest BCUT2D eigenvalue weighted by Gasteiger charge is 2.19. The second-order valence-electron chi connectivity index (χ2n) is 2.56. The molecule has 0 aliphatic carbocycles. The number of ether oxygens (including phenoxy) is 1. The Labute approximate surface area is 71.2 Å². The van der Waals surface area contributed by atoms with Crippen molar-refractivity contribution < 1.29 is 9.53 Å². The summed E-state index contributed by atoms with van der Waals surface area (Å²) in [5, 5.41) is 0. The number of hydrogen-bond donors (Lipinski definition) is 1. The lowest BCUT2D eigenvalue weighted by molar-refractivity contribution is -0.115. The first-order chi connectivity index (χ1) is 5.72. The van der Waals surface area contributed by atoms with Crippen LogP contribution in [0.1, 0.15) is 20.3 Å². The maximum absolute atomic E-state index is 10.5. The molecule has 1 N–H and O–H groups in total. The van der Waals surface area contributed by atoms with Gasteiger partial charge in [0.05, 0.1) is 0 Å². The molecule has 0 spiro atoms. The predicted molar refractivity (Wildman–Crippen MR) is 43.4 cm³/mol. The third kappa shape index (κ3) is 2.50. The van der Waals surface area contributed by atoms with Crippen LogP contribution in [0.2, 0.25) is 0 Å². The predicted octanol–water partition coefficient (Wildman–Crippen LogP) is -0.193. The number of amidine groups is 1. The molecule has 1 radical (unpaired) electrons. The van der Waals surface area contributed by atoms with E-state index in [2.05, 4.69) is 15.8 Å². The van der Waals surface area contributed by atoms with Gasteiger partial charge >= 0.3 is 6.02 Å². The molecule has 1 atom stereocenters. The van der Waals surface area contributed by atoms with Crippen molar-refractivity contribution in [1.29, 1.82) is 0 Å². The highest BCUT2D eigenvalue weighted by Crippen LogP contribution is 2.00. The molecule has 1 fully saturated rings. The summed E-state index contributed by atoms with van der Waals surface area (Å²) in [5.41, 5.74) is 6.53. The number of aliphatic imine (C=N–C) groups is 1. The summed E-state index contributed by atoms with van der Waals surface area (Å²) >= 11 is 0. The zero-order valence-corrected chi connectivity index (χ0v) is 7.20. The van der Waals surface area contributed by atoms with Crippen LogP contribution in [-0.4, -0.2) is 24.6 Å². The fourth-order valence-corrected chi connectivity index (χ4v) is 0.733. The number of carbonyl (C=O) groups is 1. The molecule has 1 saturated heterocycles. The normalized spacial score (nSPS) is 25.2. The number of nitrogens with one attached hydrogen (secondary N) is 1. The third-order valence-electron chi connectivity index (χ3n) is 1.36. The number of ketones is 1. The van der Waals surface area contributed by atoms with Crippen LogP contribution in [0.15, 0.2) is 4.99 Å². The van der Waals surface area contributed by atoms with Crippen molar-refractivity contribution in [2.24, 2.45) is 4.99 Å². The molecule has 0 saturated carbocycles. The molecule has 0 aromatic heterocycles. The van der Waals surface area contributed by atoms with E-state index in [0.29, 0.717) is 0 Å². The standard InChI is InChI=1S/C7H12N3O2/c1-3-6-9-10-7(12-6)8-4-5(2)11/h6,9H,3-4H2,1-2H3. The Morgan fingerprint density at radius 3 is 3.08 bits per heavy atom. The van der Waals surface area contributed by atoms with Crippen molar-refractivity contribution >= 4 is 11.8 Å². The minimum Gasteiger partial charge on any atom is -0.442 e. The maximum atomic E-state index is 10.5. The van der Waals surface area contributed by atoms with Crippen molar-refractivity contribution in [3.63, 3.8) is 0 Å². The van der Waals surface area contributed by atoms with Gasteiger partial charge in [-0.2, -0.15) is 5.43 Å². The van der Waals surface area contributed by atoms with E-state index in [1.165, 1.54) is 6.92 Å². The molecule has 0 amide bonds. The highest BCUT2D eigenvalue weighted by molar-refractivity contribution is 5.82. The van der Waals surface area contributed by atoms with E-state index in [4.69, 9.17) is 4.74 Å². The molecule has 1 aliphatic rings. The molecule has 1 heterocycles. The third-order valence-corrected chi connectivity index (χ3v) is 1.36. The van der Waals surface area contributed by atoms with Crippen molar-refractivity contribution in [1.82, 2.24) is 10.9 Å². The van der Waals surface area contributed by atoms with E-state index >= 15 is 0 Å². The van der Waals surface area contributed by atoms with Gasteiger partial charge < -0.3 is 4.74 Å². The Balaban J connectivity index is 2.35. The topological polar surface area (TPSA) is 64.8 Å². The van der Waals surface area contributed by atoms with Crippen molar-refractivity contribution in [2.75, 3.05) is 6.54 Å². The van der Waals surface area contributed by atoms with Gasteiger partial charge in [0.25, 0.3) is 0 Å². The molecule has 1 unspecified atom stereocenters. The molecule has 1 rings (SSSR count). The van der Waals surface area contributed by atoms with Crippen molar-refractivity contribution in [3.05, 3.63) is 0 Å². The van der Waals surface area contributed by atoms with E-state index in [0.717, 1.165) is 6.42 Å². The Morgan fingerprint density at radius 2 is 2.58 bits per heavy atom. The lowest BCUT2D eigenvalue weighted by Gasteiger charge is -2.01. The van der Waals surface area contributed by atoms with Crippen LogP contribution in [0.25, 0.3) is 0 Å². The fraction of sp³-hybridized carbons (Fsp3) is 0.714. The van der Waals surface area contributed by atoms with Gasteiger partial charge in [0, 0.05) is 0 Å². The molecule has 12 heavy (non-hydrogen) atoms. The monoisotopic (exact) mass is 170 g/mol. The number of rotatable bonds is 3. The van der Waals surface area contributed by atoms with Crippen LogP contribution in [0.5, 0.6) is 0 Å². The molecular weight excluding hydrogens is 158 g/mol. The van der Waals surface area contributed by atoms with Crippen LogP contribution in [0.3, 0.4) is 0 Å². The highest BCUT2D eigenvalue weighted by atomic mass is 16.5. The fourth-order valence-electron chi connectivity index (χ4n) is 0.733.